The second-order valence-corrected chi connectivity index (χ2v) is 5.49. The van der Waals surface area contributed by atoms with E-state index in [0.717, 1.165) is 0 Å². The maximum atomic E-state index is 10.6. The molecule has 0 rings (SSSR count). The molecule has 5 N–H and O–H groups in total. The van der Waals surface area contributed by atoms with Gasteiger partial charge in [0.15, 0.2) is 0 Å². The summed E-state index contributed by atoms with van der Waals surface area (Å²) in [5.41, 5.74) is 4.55. The van der Waals surface area contributed by atoms with E-state index >= 15 is 0 Å². The molecule has 7 nitrogen and oxygen atoms in total. The van der Waals surface area contributed by atoms with Crippen LogP contribution in [-0.4, -0.2) is 71.4 Å². The minimum atomic E-state index is -0.953. The summed E-state index contributed by atoms with van der Waals surface area (Å²) in [6, 6.07) is -0.383. The van der Waals surface area contributed by atoms with E-state index in [0.29, 0.717) is 13.1 Å². The number of primary amides is 1. The molecule has 0 radical (unpaired) electrons. The lowest BCUT2D eigenvalue weighted by molar-refractivity contribution is -0.0465. The van der Waals surface area contributed by atoms with Crippen LogP contribution >= 0.6 is 0 Å². The summed E-state index contributed by atoms with van der Waals surface area (Å²) in [6.45, 7) is 6.01. The molecule has 0 aromatic rings. The molecule has 0 aromatic heterocycles. The first-order valence-electron chi connectivity index (χ1n) is 6.30. The second-order valence-electron chi connectivity index (χ2n) is 5.49. The van der Waals surface area contributed by atoms with Crippen molar-refractivity contribution in [1.29, 1.82) is 0 Å². The van der Waals surface area contributed by atoms with Gasteiger partial charge >= 0.3 is 6.09 Å². The molecule has 0 aromatic carbocycles. The van der Waals surface area contributed by atoms with Gasteiger partial charge in [-0.2, -0.15) is 0 Å². The Kier molecular flexibility index (Phi) is 7.93. The SMILES string of the molecule is CC(C)(C)C(C(O)COC(N)=O)N(CCO)CCO. The van der Waals surface area contributed by atoms with Crippen LogP contribution in [-0.2, 0) is 4.74 Å². The van der Waals surface area contributed by atoms with Gasteiger partial charge in [-0.25, -0.2) is 4.79 Å². The number of aliphatic hydroxyl groups excluding tert-OH is 3. The first kappa shape index (κ1) is 18.1. The molecular weight excluding hydrogens is 252 g/mol. The Morgan fingerprint density at radius 2 is 1.74 bits per heavy atom. The summed E-state index contributed by atoms with van der Waals surface area (Å²) in [7, 11) is 0. The molecule has 1 amide bonds. The van der Waals surface area contributed by atoms with Gasteiger partial charge in [0.2, 0.25) is 0 Å². The largest absolute Gasteiger partial charge is 0.447 e. The lowest BCUT2D eigenvalue weighted by atomic mass is 9.82. The summed E-state index contributed by atoms with van der Waals surface area (Å²) in [6.07, 6.45) is -1.90. The van der Waals surface area contributed by atoms with E-state index in [9.17, 15) is 9.90 Å². The lowest BCUT2D eigenvalue weighted by Gasteiger charge is -2.42. The first-order chi connectivity index (χ1) is 8.73. The van der Waals surface area contributed by atoms with E-state index in [4.69, 9.17) is 15.9 Å². The van der Waals surface area contributed by atoms with Crippen LogP contribution in [0, 0.1) is 5.41 Å². The van der Waals surface area contributed by atoms with Crippen LogP contribution in [0.3, 0.4) is 0 Å². The van der Waals surface area contributed by atoms with E-state index in [1.165, 1.54) is 0 Å². The van der Waals surface area contributed by atoms with E-state index < -0.39 is 12.2 Å². The number of carbonyl (C=O) groups excluding carboxylic acids is 1. The molecule has 0 bridgehead atoms. The van der Waals surface area contributed by atoms with Crippen molar-refractivity contribution in [3.05, 3.63) is 0 Å². The van der Waals surface area contributed by atoms with Crippen molar-refractivity contribution in [3.8, 4) is 0 Å². The van der Waals surface area contributed by atoms with Gasteiger partial charge in [-0.1, -0.05) is 20.8 Å². The smallest absolute Gasteiger partial charge is 0.404 e. The number of carbonyl (C=O) groups is 1. The summed E-state index contributed by atoms with van der Waals surface area (Å²) < 4.78 is 4.62. The number of amides is 1. The van der Waals surface area contributed by atoms with Gasteiger partial charge in [0.1, 0.15) is 12.7 Å². The average molecular weight is 278 g/mol. The zero-order valence-electron chi connectivity index (χ0n) is 11.9. The van der Waals surface area contributed by atoms with Crippen LogP contribution < -0.4 is 5.73 Å². The Morgan fingerprint density at radius 3 is 2.05 bits per heavy atom. The summed E-state index contributed by atoms with van der Waals surface area (Å²) in [4.78, 5) is 12.4. The maximum Gasteiger partial charge on any atom is 0.404 e. The van der Waals surface area contributed by atoms with Crippen molar-refractivity contribution in [1.82, 2.24) is 4.90 Å². The van der Waals surface area contributed by atoms with Gasteiger partial charge in [0, 0.05) is 19.1 Å². The molecule has 114 valence electrons. The molecule has 2 unspecified atom stereocenters. The fourth-order valence-electron chi connectivity index (χ4n) is 2.27. The van der Waals surface area contributed by atoms with Crippen LogP contribution in [0.1, 0.15) is 20.8 Å². The third-order valence-electron chi connectivity index (χ3n) is 2.82. The van der Waals surface area contributed by atoms with Crippen LogP contribution in [0.4, 0.5) is 4.79 Å². The molecule has 2 atom stereocenters. The van der Waals surface area contributed by atoms with Crippen LogP contribution in [0.15, 0.2) is 0 Å². The number of ether oxygens (including phenoxy) is 1. The van der Waals surface area contributed by atoms with Crippen molar-refractivity contribution >= 4 is 6.09 Å². The number of hydrogen-bond acceptors (Lipinski definition) is 6. The molecule has 0 spiro atoms. The highest BCUT2D eigenvalue weighted by molar-refractivity contribution is 5.64. The summed E-state index contributed by atoms with van der Waals surface area (Å²) >= 11 is 0. The van der Waals surface area contributed by atoms with Gasteiger partial charge in [0.25, 0.3) is 0 Å². The van der Waals surface area contributed by atoms with E-state index in [1.54, 1.807) is 4.90 Å². The first-order valence-corrected chi connectivity index (χ1v) is 6.30. The Bertz CT molecular complexity index is 261. The third-order valence-corrected chi connectivity index (χ3v) is 2.82. The predicted molar refractivity (Wildman–Crippen MR) is 70.5 cm³/mol. The van der Waals surface area contributed by atoms with Crippen LogP contribution in [0.5, 0.6) is 0 Å². The Balaban J connectivity index is 4.90. The molecule has 7 heteroatoms. The monoisotopic (exact) mass is 278 g/mol. The molecule has 0 fully saturated rings. The van der Waals surface area contributed by atoms with E-state index in [-0.39, 0.29) is 31.3 Å². The number of rotatable bonds is 8. The van der Waals surface area contributed by atoms with Gasteiger partial charge in [0.05, 0.1) is 13.2 Å². The normalized spacial score (nSPS) is 15.3. The fourth-order valence-corrected chi connectivity index (χ4v) is 2.27. The highest BCUT2D eigenvalue weighted by atomic mass is 16.6. The Hall–Kier alpha value is -0.890. The zero-order valence-corrected chi connectivity index (χ0v) is 11.9. The van der Waals surface area contributed by atoms with Crippen molar-refractivity contribution in [2.24, 2.45) is 11.1 Å². The molecule has 0 aliphatic heterocycles. The lowest BCUT2D eigenvalue weighted by Crippen LogP contribution is -2.54. The molecule has 19 heavy (non-hydrogen) atoms. The van der Waals surface area contributed by atoms with E-state index in [2.05, 4.69) is 4.74 Å². The average Bonchev–Trinajstić information content (AvgIpc) is 2.25. The minimum Gasteiger partial charge on any atom is -0.447 e. The standard InChI is InChI=1S/C12H26N2O5/c1-12(2,3)10(9(17)8-19-11(13)18)14(4-6-15)5-7-16/h9-10,15-17H,4-8H2,1-3H3,(H2,13,18). The van der Waals surface area contributed by atoms with Gasteiger partial charge in [-0.15, -0.1) is 0 Å². The molecular formula is C12H26N2O5. The van der Waals surface area contributed by atoms with Gasteiger partial charge < -0.3 is 25.8 Å². The Morgan fingerprint density at radius 1 is 1.26 bits per heavy atom. The molecule has 0 aliphatic rings. The summed E-state index contributed by atoms with van der Waals surface area (Å²) in [5.74, 6) is 0. The molecule has 0 saturated carbocycles. The maximum absolute atomic E-state index is 10.6. The predicted octanol–water partition coefficient (Wildman–Crippen LogP) is -0.856. The second kappa shape index (κ2) is 8.31. The highest BCUT2D eigenvalue weighted by Crippen LogP contribution is 2.27. The number of nitrogens with zero attached hydrogens (tertiary/aromatic N) is 1. The Labute approximate surface area is 114 Å². The van der Waals surface area contributed by atoms with Crippen LogP contribution in [0.2, 0.25) is 0 Å². The summed E-state index contributed by atoms with van der Waals surface area (Å²) in [5, 5.41) is 28.3. The minimum absolute atomic E-state index is 0.0873. The topological polar surface area (TPSA) is 116 Å². The van der Waals surface area contributed by atoms with Crippen molar-refractivity contribution in [2.45, 2.75) is 32.9 Å². The molecule has 0 aliphatic carbocycles. The van der Waals surface area contributed by atoms with Gasteiger partial charge in [-0.05, 0) is 5.41 Å². The van der Waals surface area contributed by atoms with Crippen molar-refractivity contribution < 1.29 is 24.9 Å². The third kappa shape index (κ3) is 6.72. The number of aliphatic hydroxyl groups is 3. The van der Waals surface area contributed by atoms with E-state index in [1.807, 2.05) is 20.8 Å². The quantitative estimate of drug-likeness (QED) is 0.459. The fraction of sp³-hybridized carbons (Fsp3) is 0.917. The van der Waals surface area contributed by atoms with Gasteiger partial charge in [-0.3, -0.25) is 4.90 Å². The highest BCUT2D eigenvalue weighted by Gasteiger charge is 2.36. The van der Waals surface area contributed by atoms with Crippen molar-refractivity contribution in [3.63, 3.8) is 0 Å². The van der Waals surface area contributed by atoms with Crippen molar-refractivity contribution in [2.75, 3.05) is 32.9 Å². The number of hydrogen-bond donors (Lipinski definition) is 4. The molecule has 0 saturated heterocycles. The molecule has 0 heterocycles. The number of nitrogens with two attached hydrogens (primary N) is 1. The van der Waals surface area contributed by atoms with Crippen LogP contribution in [0.25, 0.3) is 0 Å². The zero-order chi connectivity index (χ0) is 15.1.